The highest BCUT2D eigenvalue weighted by atomic mass is 35.5. The molecule has 2 aliphatic rings. The first-order valence-corrected chi connectivity index (χ1v) is 10.6. The van der Waals surface area contributed by atoms with E-state index in [9.17, 15) is 14.4 Å². The number of amides is 1. The number of halogens is 1. The van der Waals surface area contributed by atoms with E-state index < -0.39 is 23.9 Å². The van der Waals surface area contributed by atoms with Crippen LogP contribution in [0.3, 0.4) is 0 Å². The molecule has 2 fully saturated rings. The minimum Gasteiger partial charge on any atom is -0.425 e. The standard InChI is InChI=1S/C22H28ClNO6/c1-15(29-19(26)12-21(2)13-28-14-21)30-20(27)24(3)22(11-7-6-10-18(22)25)16-8-4-5-9-17(16)23/h4-5,8-9,15H,6-7,10-14H2,1-3H3/t15?,22-/m0/s1. The second kappa shape index (κ2) is 8.94. The van der Waals surface area contributed by atoms with E-state index in [1.165, 1.54) is 18.9 Å². The van der Waals surface area contributed by atoms with Crippen LogP contribution in [0.2, 0.25) is 5.02 Å². The normalized spacial score (nSPS) is 23.8. The Morgan fingerprint density at radius 3 is 2.53 bits per heavy atom. The zero-order valence-electron chi connectivity index (χ0n) is 17.6. The average molecular weight is 438 g/mol. The van der Waals surface area contributed by atoms with E-state index >= 15 is 0 Å². The molecule has 2 atom stereocenters. The molecule has 1 aromatic rings. The predicted octanol–water partition coefficient (Wildman–Crippen LogP) is 4.06. The number of likely N-dealkylation sites (N-methyl/N-ethyl adjacent to an activating group) is 1. The summed E-state index contributed by atoms with van der Waals surface area (Å²) in [6, 6.07) is 7.04. The molecule has 30 heavy (non-hydrogen) atoms. The van der Waals surface area contributed by atoms with E-state index in [0.717, 1.165) is 12.8 Å². The number of hydrogen-bond donors (Lipinski definition) is 0. The molecule has 1 heterocycles. The highest BCUT2D eigenvalue weighted by Gasteiger charge is 2.49. The van der Waals surface area contributed by atoms with Crippen LogP contribution in [0.15, 0.2) is 24.3 Å². The molecule has 0 radical (unpaired) electrons. The van der Waals surface area contributed by atoms with Gasteiger partial charge in [0.1, 0.15) is 5.54 Å². The summed E-state index contributed by atoms with van der Waals surface area (Å²) in [7, 11) is 1.52. The van der Waals surface area contributed by atoms with E-state index in [-0.39, 0.29) is 17.6 Å². The summed E-state index contributed by atoms with van der Waals surface area (Å²) in [6.45, 7) is 4.42. The van der Waals surface area contributed by atoms with E-state index in [2.05, 4.69) is 0 Å². The van der Waals surface area contributed by atoms with Crippen molar-refractivity contribution in [2.24, 2.45) is 5.41 Å². The van der Waals surface area contributed by atoms with Crippen molar-refractivity contribution in [2.75, 3.05) is 20.3 Å². The van der Waals surface area contributed by atoms with Gasteiger partial charge >= 0.3 is 12.1 Å². The predicted molar refractivity (Wildman–Crippen MR) is 110 cm³/mol. The third-order valence-corrected chi connectivity index (χ3v) is 6.19. The van der Waals surface area contributed by atoms with Gasteiger partial charge in [-0.15, -0.1) is 0 Å². The second-order valence-corrected chi connectivity index (χ2v) is 8.86. The van der Waals surface area contributed by atoms with Gasteiger partial charge in [-0.25, -0.2) is 4.79 Å². The molecule has 1 aliphatic heterocycles. The smallest absolute Gasteiger partial charge is 0.413 e. The van der Waals surface area contributed by atoms with Gasteiger partial charge in [0.25, 0.3) is 0 Å². The monoisotopic (exact) mass is 437 g/mol. The van der Waals surface area contributed by atoms with Gasteiger partial charge in [-0.05, 0) is 25.3 Å². The number of ketones is 1. The fraction of sp³-hybridized carbons (Fsp3) is 0.591. The summed E-state index contributed by atoms with van der Waals surface area (Å²) in [6.07, 6.45) is 0.710. The molecule has 1 saturated carbocycles. The minimum atomic E-state index is -1.20. The topological polar surface area (TPSA) is 82.1 Å². The van der Waals surface area contributed by atoms with Gasteiger partial charge in [-0.1, -0.05) is 36.7 Å². The Morgan fingerprint density at radius 1 is 1.23 bits per heavy atom. The molecule has 1 unspecified atom stereocenters. The van der Waals surface area contributed by atoms with Crippen molar-refractivity contribution in [1.82, 2.24) is 4.90 Å². The Kier molecular flexibility index (Phi) is 6.72. The van der Waals surface area contributed by atoms with Gasteiger partial charge in [0, 0.05) is 36.4 Å². The zero-order valence-corrected chi connectivity index (χ0v) is 18.4. The van der Waals surface area contributed by atoms with Crippen LogP contribution in [0.25, 0.3) is 0 Å². The number of ether oxygens (including phenoxy) is 3. The van der Waals surface area contributed by atoms with Crippen LogP contribution >= 0.6 is 11.6 Å². The lowest BCUT2D eigenvalue weighted by molar-refractivity contribution is -0.179. The van der Waals surface area contributed by atoms with Crippen LogP contribution in [0, 0.1) is 5.41 Å². The molecular weight excluding hydrogens is 410 g/mol. The van der Waals surface area contributed by atoms with E-state index in [4.69, 9.17) is 25.8 Å². The molecule has 3 rings (SSSR count). The Morgan fingerprint density at radius 2 is 1.93 bits per heavy atom. The molecule has 0 N–H and O–H groups in total. The van der Waals surface area contributed by atoms with E-state index in [0.29, 0.717) is 36.6 Å². The SMILES string of the molecule is CC(OC(=O)CC1(C)COC1)OC(=O)N(C)[C@]1(c2ccccc2Cl)CCCCC1=O. The van der Waals surface area contributed by atoms with Crippen molar-refractivity contribution in [3.8, 4) is 0 Å². The third kappa shape index (κ3) is 4.47. The van der Waals surface area contributed by atoms with Gasteiger partial charge < -0.3 is 14.2 Å². The lowest BCUT2D eigenvalue weighted by Gasteiger charge is -2.43. The van der Waals surface area contributed by atoms with Crippen molar-refractivity contribution >= 4 is 29.4 Å². The average Bonchev–Trinajstić information content (AvgIpc) is 2.67. The van der Waals surface area contributed by atoms with Crippen LogP contribution < -0.4 is 0 Å². The maximum absolute atomic E-state index is 13.1. The Bertz CT molecular complexity index is 824. The molecule has 1 aliphatic carbocycles. The summed E-state index contributed by atoms with van der Waals surface area (Å²) in [5.74, 6) is -0.540. The fourth-order valence-corrected chi connectivity index (χ4v) is 4.45. The molecule has 0 aromatic heterocycles. The van der Waals surface area contributed by atoms with Gasteiger partial charge in [-0.2, -0.15) is 0 Å². The van der Waals surface area contributed by atoms with Crippen LogP contribution in [-0.2, 0) is 29.3 Å². The number of benzene rings is 1. The maximum atomic E-state index is 13.1. The van der Waals surface area contributed by atoms with Crippen molar-refractivity contribution in [3.05, 3.63) is 34.9 Å². The number of nitrogens with zero attached hydrogens (tertiary/aromatic N) is 1. The first-order chi connectivity index (χ1) is 14.2. The lowest BCUT2D eigenvalue weighted by atomic mass is 9.74. The van der Waals surface area contributed by atoms with Gasteiger partial charge in [0.15, 0.2) is 5.78 Å². The number of rotatable bonds is 6. The molecule has 1 saturated heterocycles. The Hall–Kier alpha value is -2.12. The zero-order chi connectivity index (χ0) is 21.9. The summed E-state index contributed by atoms with van der Waals surface area (Å²) in [5.41, 5.74) is -0.854. The molecule has 1 amide bonds. The largest absolute Gasteiger partial charge is 0.425 e. The Balaban J connectivity index is 1.72. The maximum Gasteiger partial charge on any atom is 0.413 e. The van der Waals surface area contributed by atoms with Crippen molar-refractivity contribution in [2.45, 2.75) is 57.8 Å². The van der Waals surface area contributed by atoms with Crippen LogP contribution in [0.4, 0.5) is 4.79 Å². The summed E-state index contributed by atoms with van der Waals surface area (Å²) >= 11 is 6.41. The van der Waals surface area contributed by atoms with Crippen LogP contribution in [-0.4, -0.2) is 49.3 Å². The highest BCUT2D eigenvalue weighted by molar-refractivity contribution is 6.31. The first-order valence-electron chi connectivity index (χ1n) is 10.2. The van der Waals surface area contributed by atoms with Crippen LogP contribution in [0.5, 0.6) is 0 Å². The first kappa shape index (κ1) is 22.6. The number of hydrogen-bond acceptors (Lipinski definition) is 6. The van der Waals surface area contributed by atoms with E-state index in [1.807, 2.05) is 6.92 Å². The van der Waals surface area contributed by atoms with E-state index in [1.54, 1.807) is 24.3 Å². The Labute approximate surface area is 181 Å². The second-order valence-electron chi connectivity index (χ2n) is 8.45. The van der Waals surface area contributed by atoms with Crippen molar-refractivity contribution in [3.63, 3.8) is 0 Å². The summed E-state index contributed by atoms with van der Waals surface area (Å²) in [4.78, 5) is 39.4. The summed E-state index contributed by atoms with van der Waals surface area (Å²) < 4.78 is 15.7. The molecule has 8 heteroatoms. The molecular formula is C22H28ClNO6. The molecule has 0 spiro atoms. The molecule has 0 bridgehead atoms. The van der Waals surface area contributed by atoms with Gasteiger partial charge in [-0.3, -0.25) is 14.5 Å². The molecule has 7 nitrogen and oxygen atoms in total. The quantitative estimate of drug-likeness (QED) is 0.493. The number of carbonyl (C=O) groups is 3. The lowest BCUT2D eigenvalue weighted by Crippen LogP contribution is -2.54. The minimum absolute atomic E-state index is 0.0798. The number of carbonyl (C=O) groups excluding carboxylic acids is 3. The third-order valence-electron chi connectivity index (χ3n) is 5.86. The highest BCUT2D eigenvalue weighted by Crippen LogP contribution is 2.42. The van der Waals surface area contributed by atoms with Gasteiger partial charge in [0.2, 0.25) is 6.29 Å². The molecule has 164 valence electrons. The van der Waals surface area contributed by atoms with Crippen molar-refractivity contribution < 1.29 is 28.6 Å². The summed E-state index contributed by atoms with van der Waals surface area (Å²) in [5, 5.41) is 0.419. The van der Waals surface area contributed by atoms with Crippen LogP contribution in [0.1, 0.15) is 51.5 Å². The van der Waals surface area contributed by atoms with Gasteiger partial charge in [0.05, 0.1) is 19.6 Å². The number of esters is 1. The number of Topliss-reactive ketones (excluding diaryl/α,β-unsaturated/α-hetero) is 1. The molecule has 1 aromatic carbocycles. The fourth-order valence-electron chi connectivity index (χ4n) is 4.16. The van der Waals surface area contributed by atoms with Crippen molar-refractivity contribution in [1.29, 1.82) is 0 Å².